The molecule has 0 aromatic heterocycles. The van der Waals surface area contributed by atoms with Crippen molar-refractivity contribution < 1.29 is 4.79 Å². The van der Waals surface area contributed by atoms with E-state index in [2.05, 4.69) is 34.7 Å². The van der Waals surface area contributed by atoms with Gasteiger partial charge in [0.25, 0.3) is 0 Å². The van der Waals surface area contributed by atoms with Crippen LogP contribution >= 0.6 is 34.4 Å². The lowest BCUT2D eigenvalue weighted by Crippen LogP contribution is -1.93. The molecule has 0 N–H and O–H groups in total. The van der Waals surface area contributed by atoms with Crippen molar-refractivity contribution in [1.82, 2.24) is 0 Å². The molecule has 0 amide bonds. The molecule has 0 bridgehead atoms. The standard InChI is InChI=1S/C16H13IOS/c1-19-15-9-2-12(3-10-15)4-11-16(18)13-5-7-14(17)8-6-13/h2-11H,1H3. The maximum Gasteiger partial charge on any atom is 0.185 e. The van der Waals surface area contributed by atoms with Crippen molar-refractivity contribution >= 4 is 46.2 Å². The van der Waals surface area contributed by atoms with Crippen LogP contribution in [0.4, 0.5) is 0 Å². The zero-order valence-corrected chi connectivity index (χ0v) is 13.4. The molecule has 0 aliphatic carbocycles. The number of allylic oxidation sites excluding steroid dienone is 1. The van der Waals surface area contributed by atoms with Crippen molar-refractivity contribution in [3.05, 3.63) is 69.3 Å². The van der Waals surface area contributed by atoms with Crippen molar-refractivity contribution in [1.29, 1.82) is 0 Å². The van der Waals surface area contributed by atoms with Gasteiger partial charge in [0.15, 0.2) is 5.78 Å². The monoisotopic (exact) mass is 380 g/mol. The number of benzene rings is 2. The van der Waals surface area contributed by atoms with Gasteiger partial charge in [0.1, 0.15) is 0 Å². The van der Waals surface area contributed by atoms with E-state index in [1.54, 1.807) is 17.8 Å². The van der Waals surface area contributed by atoms with Crippen LogP contribution in [-0.4, -0.2) is 12.0 Å². The number of hydrogen-bond donors (Lipinski definition) is 0. The van der Waals surface area contributed by atoms with Gasteiger partial charge in [0, 0.05) is 14.0 Å². The SMILES string of the molecule is CSc1ccc(C=CC(=O)c2ccc(I)cc2)cc1. The molecule has 0 saturated heterocycles. The quantitative estimate of drug-likeness (QED) is 0.325. The van der Waals surface area contributed by atoms with Gasteiger partial charge >= 0.3 is 0 Å². The highest BCUT2D eigenvalue weighted by atomic mass is 127. The summed E-state index contributed by atoms with van der Waals surface area (Å²) in [7, 11) is 0. The second-order valence-corrected chi connectivity index (χ2v) is 6.10. The summed E-state index contributed by atoms with van der Waals surface area (Å²) >= 11 is 3.93. The van der Waals surface area contributed by atoms with Crippen LogP contribution in [0.25, 0.3) is 6.08 Å². The minimum absolute atomic E-state index is 0.0327. The Kier molecular flexibility index (Phi) is 5.22. The first kappa shape index (κ1) is 14.3. The molecule has 0 atom stereocenters. The van der Waals surface area contributed by atoms with Crippen molar-refractivity contribution in [3.63, 3.8) is 0 Å². The molecular weight excluding hydrogens is 367 g/mol. The van der Waals surface area contributed by atoms with E-state index in [1.165, 1.54) is 4.90 Å². The number of halogens is 1. The van der Waals surface area contributed by atoms with E-state index in [0.717, 1.165) is 14.7 Å². The third kappa shape index (κ3) is 4.21. The highest BCUT2D eigenvalue weighted by Crippen LogP contribution is 2.16. The Balaban J connectivity index is 2.08. The topological polar surface area (TPSA) is 17.1 Å². The summed E-state index contributed by atoms with van der Waals surface area (Å²) in [6.07, 6.45) is 5.52. The predicted molar refractivity (Wildman–Crippen MR) is 90.7 cm³/mol. The lowest BCUT2D eigenvalue weighted by atomic mass is 10.1. The summed E-state index contributed by atoms with van der Waals surface area (Å²) in [6, 6.07) is 15.7. The average Bonchev–Trinajstić information content (AvgIpc) is 2.46. The van der Waals surface area contributed by atoms with Crippen molar-refractivity contribution in [2.45, 2.75) is 4.90 Å². The summed E-state index contributed by atoms with van der Waals surface area (Å²) in [5.74, 6) is 0.0327. The van der Waals surface area contributed by atoms with Gasteiger partial charge in [-0.3, -0.25) is 4.79 Å². The van der Waals surface area contributed by atoms with Crippen LogP contribution in [0.5, 0.6) is 0 Å². The molecule has 1 nitrogen and oxygen atoms in total. The Morgan fingerprint density at radius 1 is 1.05 bits per heavy atom. The number of ketones is 1. The maximum atomic E-state index is 12.0. The van der Waals surface area contributed by atoms with Gasteiger partial charge in [-0.25, -0.2) is 0 Å². The Hall–Kier alpha value is -1.07. The first-order valence-electron chi connectivity index (χ1n) is 5.81. The van der Waals surface area contributed by atoms with Crippen LogP contribution in [-0.2, 0) is 0 Å². The van der Waals surface area contributed by atoms with Crippen molar-refractivity contribution in [3.8, 4) is 0 Å². The molecule has 3 heteroatoms. The zero-order chi connectivity index (χ0) is 13.7. The second-order valence-electron chi connectivity index (χ2n) is 3.98. The molecule has 2 aromatic rings. The van der Waals surface area contributed by atoms with Crippen molar-refractivity contribution in [2.24, 2.45) is 0 Å². The van der Waals surface area contributed by atoms with E-state index >= 15 is 0 Å². The van der Waals surface area contributed by atoms with Crippen LogP contribution in [0.1, 0.15) is 15.9 Å². The molecule has 0 aliphatic heterocycles. The number of thioether (sulfide) groups is 1. The summed E-state index contributed by atoms with van der Waals surface area (Å²) in [5.41, 5.74) is 1.76. The fourth-order valence-corrected chi connectivity index (χ4v) is 2.37. The minimum atomic E-state index is 0.0327. The fourth-order valence-electron chi connectivity index (χ4n) is 1.60. The number of carbonyl (C=O) groups excluding carboxylic acids is 1. The summed E-state index contributed by atoms with van der Waals surface area (Å²) < 4.78 is 1.13. The zero-order valence-electron chi connectivity index (χ0n) is 10.5. The van der Waals surface area contributed by atoms with Gasteiger partial charge in [-0.05, 0) is 64.8 Å². The normalized spacial score (nSPS) is 10.8. The van der Waals surface area contributed by atoms with E-state index in [0.29, 0.717) is 0 Å². The maximum absolute atomic E-state index is 12.0. The molecule has 0 fully saturated rings. The van der Waals surface area contributed by atoms with Gasteiger partial charge in [-0.2, -0.15) is 0 Å². The van der Waals surface area contributed by atoms with Gasteiger partial charge in [0.2, 0.25) is 0 Å². The van der Waals surface area contributed by atoms with Crippen molar-refractivity contribution in [2.75, 3.05) is 6.26 Å². The Labute approximate surface area is 131 Å². The highest BCUT2D eigenvalue weighted by molar-refractivity contribution is 14.1. The molecule has 0 heterocycles. The van der Waals surface area contributed by atoms with Gasteiger partial charge in [-0.15, -0.1) is 11.8 Å². The number of rotatable bonds is 4. The molecule has 0 spiro atoms. The molecule has 0 radical (unpaired) electrons. The Morgan fingerprint density at radius 3 is 2.26 bits per heavy atom. The van der Waals surface area contributed by atoms with Crippen LogP contribution in [0.15, 0.2) is 59.5 Å². The molecule has 0 unspecified atom stereocenters. The highest BCUT2D eigenvalue weighted by Gasteiger charge is 2.00. The molecule has 19 heavy (non-hydrogen) atoms. The van der Waals surface area contributed by atoms with Gasteiger partial charge < -0.3 is 0 Å². The number of hydrogen-bond acceptors (Lipinski definition) is 2. The van der Waals surface area contributed by atoms with E-state index in [9.17, 15) is 4.79 Å². The van der Waals surface area contributed by atoms with E-state index in [1.807, 2.05) is 48.7 Å². The minimum Gasteiger partial charge on any atom is -0.289 e. The Bertz CT molecular complexity index is 585. The molecule has 2 aromatic carbocycles. The molecular formula is C16H13IOS. The molecule has 0 aliphatic rings. The predicted octanol–water partition coefficient (Wildman–Crippen LogP) is 4.91. The van der Waals surface area contributed by atoms with Crippen LogP contribution in [0.2, 0.25) is 0 Å². The van der Waals surface area contributed by atoms with E-state index in [4.69, 9.17) is 0 Å². The summed E-state index contributed by atoms with van der Waals surface area (Å²) in [4.78, 5) is 13.2. The molecule has 96 valence electrons. The fraction of sp³-hybridized carbons (Fsp3) is 0.0625. The van der Waals surface area contributed by atoms with E-state index < -0.39 is 0 Å². The largest absolute Gasteiger partial charge is 0.289 e. The smallest absolute Gasteiger partial charge is 0.185 e. The third-order valence-corrected chi connectivity index (χ3v) is 4.13. The summed E-state index contributed by atoms with van der Waals surface area (Å²) in [5, 5.41) is 0. The number of carbonyl (C=O) groups is 1. The van der Waals surface area contributed by atoms with Gasteiger partial charge in [0.05, 0.1) is 0 Å². The lowest BCUT2D eigenvalue weighted by Gasteiger charge is -1.98. The lowest BCUT2D eigenvalue weighted by molar-refractivity contribution is 0.104. The second kappa shape index (κ2) is 6.91. The third-order valence-electron chi connectivity index (χ3n) is 2.67. The van der Waals surface area contributed by atoms with Gasteiger partial charge in [-0.1, -0.05) is 30.3 Å². The first-order chi connectivity index (χ1) is 9.19. The van der Waals surface area contributed by atoms with Crippen LogP contribution in [0.3, 0.4) is 0 Å². The Morgan fingerprint density at radius 2 is 1.68 bits per heavy atom. The van der Waals surface area contributed by atoms with Crippen LogP contribution in [0, 0.1) is 3.57 Å². The molecule has 0 saturated carbocycles. The molecule has 2 rings (SSSR count). The van der Waals surface area contributed by atoms with Crippen LogP contribution < -0.4 is 0 Å². The first-order valence-corrected chi connectivity index (χ1v) is 8.11. The summed E-state index contributed by atoms with van der Waals surface area (Å²) in [6.45, 7) is 0. The average molecular weight is 380 g/mol. The van der Waals surface area contributed by atoms with E-state index in [-0.39, 0.29) is 5.78 Å².